The van der Waals surface area contributed by atoms with Crippen molar-refractivity contribution in [2.24, 2.45) is 0 Å². The minimum atomic E-state index is 1.21. The highest BCUT2D eigenvalue weighted by molar-refractivity contribution is 5.34. The number of rotatable bonds is 5. The van der Waals surface area contributed by atoms with E-state index < -0.39 is 0 Å². The molecule has 0 aliphatic carbocycles. The van der Waals surface area contributed by atoms with E-state index in [0.717, 1.165) is 0 Å². The van der Waals surface area contributed by atoms with Crippen molar-refractivity contribution >= 4 is 0 Å². The van der Waals surface area contributed by atoms with Gasteiger partial charge in [0.25, 0.3) is 0 Å². The first kappa shape index (κ1) is 14.8. The predicted molar refractivity (Wildman–Crippen MR) is 88.5 cm³/mol. The summed E-state index contributed by atoms with van der Waals surface area (Å²) in [6.07, 6.45) is 4.98. The van der Waals surface area contributed by atoms with Gasteiger partial charge in [-0.25, -0.2) is 0 Å². The van der Waals surface area contributed by atoms with E-state index >= 15 is 0 Å². The van der Waals surface area contributed by atoms with Crippen LogP contribution in [0.3, 0.4) is 0 Å². The molecule has 0 aliphatic heterocycles. The molecule has 0 spiro atoms. The van der Waals surface area contributed by atoms with Crippen molar-refractivity contribution < 1.29 is 0 Å². The Kier molecular flexibility index (Phi) is 5.00. The van der Waals surface area contributed by atoms with Crippen LogP contribution in [0.5, 0.6) is 0 Å². The van der Waals surface area contributed by atoms with Crippen LogP contribution in [0.2, 0.25) is 0 Å². The Morgan fingerprint density at radius 2 is 0.850 bits per heavy atom. The molecule has 0 fully saturated rings. The van der Waals surface area contributed by atoms with Crippen molar-refractivity contribution in [1.82, 2.24) is 0 Å². The van der Waals surface area contributed by atoms with Crippen LogP contribution in [-0.4, -0.2) is 0 Å². The zero-order chi connectivity index (χ0) is 14.5. The summed E-state index contributed by atoms with van der Waals surface area (Å²) < 4.78 is 0. The van der Waals surface area contributed by atoms with Crippen molar-refractivity contribution in [3.8, 4) is 0 Å². The van der Waals surface area contributed by atoms with Crippen molar-refractivity contribution in [2.45, 2.75) is 53.4 Å². The van der Waals surface area contributed by atoms with Gasteiger partial charge >= 0.3 is 0 Å². The third-order valence-corrected chi connectivity index (χ3v) is 4.39. The lowest BCUT2D eigenvalue weighted by Crippen LogP contribution is -1.97. The Hall–Kier alpha value is -1.56. The van der Waals surface area contributed by atoms with Gasteiger partial charge in [-0.15, -0.1) is 0 Å². The summed E-state index contributed by atoms with van der Waals surface area (Å²) in [6.45, 7) is 8.92. The largest absolute Gasteiger partial charge is 0.0617 e. The molecule has 0 N–H and O–H groups in total. The van der Waals surface area contributed by atoms with Crippen LogP contribution < -0.4 is 0 Å². The standard InChI is InChI=1S/C20H26/c1-15-9-7-10-16(2)19(15)13-5-6-14-20-17(3)11-8-12-18(20)4/h7-12H,5-6,13-14H2,1-4H3. The highest BCUT2D eigenvalue weighted by Crippen LogP contribution is 2.19. The highest BCUT2D eigenvalue weighted by atomic mass is 14.1. The molecule has 0 aliphatic rings. The second kappa shape index (κ2) is 6.74. The van der Waals surface area contributed by atoms with Gasteiger partial charge in [-0.05, 0) is 86.8 Å². The molecule has 0 nitrogen and oxygen atoms in total. The van der Waals surface area contributed by atoms with Gasteiger partial charge in [0.1, 0.15) is 0 Å². The molecule has 106 valence electrons. The third kappa shape index (κ3) is 3.50. The molecule has 0 bridgehead atoms. The number of benzene rings is 2. The summed E-state index contributed by atoms with van der Waals surface area (Å²) in [7, 11) is 0. The van der Waals surface area contributed by atoms with E-state index in [1.165, 1.54) is 47.9 Å². The van der Waals surface area contributed by atoms with Crippen molar-refractivity contribution in [3.05, 3.63) is 69.8 Å². The molecule has 20 heavy (non-hydrogen) atoms. The fourth-order valence-corrected chi connectivity index (χ4v) is 3.09. The molecule has 2 aromatic rings. The molecule has 2 rings (SSSR count). The minimum absolute atomic E-state index is 1.21. The fraction of sp³-hybridized carbons (Fsp3) is 0.400. The molecule has 0 amide bonds. The van der Waals surface area contributed by atoms with Crippen LogP contribution in [0.4, 0.5) is 0 Å². The topological polar surface area (TPSA) is 0 Å². The van der Waals surface area contributed by atoms with E-state index in [2.05, 4.69) is 64.1 Å². The molecule has 0 unspecified atom stereocenters. The summed E-state index contributed by atoms with van der Waals surface area (Å²) in [5, 5.41) is 0. The van der Waals surface area contributed by atoms with Crippen LogP contribution in [-0.2, 0) is 12.8 Å². The van der Waals surface area contributed by atoms with Crippen molar-refractivity contribution in [3.63, 3.8) is 0 Å². The molecule has 0 heteroatoms. The fourth-order valence-electron chi connectivity index (χ4n) is 3.09. The summed E-state index contributed by atoms with van der Waals surface area (Å²) in [5.41, 5.74) is 8.87. The van der Waals surface area contributed by atoms with Gasteiger partial charge in [0, 0.05) is 0 Å². The Morgan fingerprint density at radius 3 is 1.15 bits per heavy atom. The van der Waals surface area contributed by atoms with Crippen molar-refractivity contribution in [2.75, 3.05) is 0 Å². The first-order valence-corrected chi connectivity index (χ1v) is 7.70. The summed E-state index contributed by atoms with van der Waals surface area (Å²) in [5.74, 6) is 0. The van der Waals surface area contributed by atoms with Crippen LogP contribution >= 0.6 is 0 Å². The zero-order valence-corrected chi connectivity index (χ0v) is 13.3. The van der Waals surface area contributed by atoms with Gasteiger partial charge in [0.05, 0.1) is 0 Å². The molecule has 2 aromatic carbocycles. The molecule has 0 heterocycles. The van der Waals surface area contributed by atoms with Gasteiger partial charge < -0.3 is 0 Å². The predicted octanol–water partition coefficient (Wildman–Crippen LogP) is 5.49. The van der Waals surface area contributed by atoms with E-state index in [-0.39, 0.29) is 0 Å². The Balaban J connectivity index is 1.91. The van der Waals surface area contributed by atoms with E-state index in [9.17, 15) is 0 Å². The summed E-state index contributed by atoms with van der Waals surface area (Å²) in [4.78, 5) is 0. The first-order chi connectivity index (χ1) is 9.59. The quantitative estimate of drug-likeness (QED) is 0.628. The Morgan fingerprint density at radius 1 is 0.550 bits per heavy atom. The van der Waals surface area contributed by atoms with Gasteiger partial charge in [-0.2, -0.15) is 0 Å². The lowest BCUT2D eigenvalue weighted by atomic mass is 9.94. The van der Waals surface area contributed by atoms with Gasteiger partial charge in [-0.1, -0.05) is 36.4 Å². The number of hydrogen-bond donors (Lipinski definition) is 0. The molecule has 0 radical (unpaired) electrons. The monoisotopic (exact) mass is 266 g/mol. The minimum Gasteiger partial charge on any atom is -0.0617 e. The van der Waals surface area contributed by atoms with E-state index in [1.54, 1.807) is 11.1 Å². The molecular weight excluding hydrogens is 240 g/mol. The summed E-state index contributed by atoms with van der Waals surface area (Å²) >= 11 is 0. The van der Waals surface area contributed by atoms with Gasteiger partial charge in [-0.3, -0.25) is 0 Å². The average molecular weight is 266 g/mol. The molecule has 0 aromatic heterocycles. The first-order valence-electron chi connectivity index (χ1n) is 7.70. The molecule has 0 saturated heterocycles. The maximum Gasteiger partial charge on any atom is -0.0274 e. The van der Waals surface area contributed by atoms with Crippen molar-refractivity contribution in [1.29, 1.82) is 0 Å². The maximum atomic E-state index is 2.23. The zero-order valence-electron chi connectivity index (χ0n) is 13.3. The normalized spacial score (nSPS) is 10.8. The second-order valence-corrected chi connectivity index (χ2v) is 5.95. The van der Waals surface area contributed by atoms with Crippen LogP contribution in [0.15, 0.2) is 36.4 Å². The average Bonchev–Trinajstić information content (AvgIpc) is 2.40. The number of hydrogen-bond acceptors (Lipinski definition) is 0. The van der Waals surface area contributed by atoms with Crippen LogP contribution in [0.1, 0.15) is 46.2 Å². The third-order valence-electron chi connectivity index (χ3n) is 4.39. The number of aryl methyl sites for hydroxylation is 4. The SMILES string of the molecule is Cc1cccc(C)c1CCCCc1c(C)cccc1C. The lowest BCUT2D eigenvalue weighted by Gasteiger charge is -2.11. The molecule has 0 atom stereocenters. The van der Waals surface area contributed by atoms with Gasteiger partial charge in [0.15, 0.2) is 0 Å². The van der Waals surface area contributed by atoms with E-state index in [4.69, 9.17) is 0 Å². The lowest BCUT2D eigenvalue weighted by molar-refractivity contribution is 0.725. The van der Waals surface area contributed by atoms with E-state index in [1.807, 2.05) is 0 Å². The Labute approximate surface area is 123 Å². The second-order valence-electron chi connectivity index (χ2n) is 5.95. The number of unbranched alkanes of at least 4 members (excludes halogenated alkanes) is 1. The smallest absolute Gasteiger partial charge is 0.0274 e. The Bertz CT molecular complexity index is 485. The van der Waals surface area contributed by atoms with Gasteiger partial charge in [0.2, 0.25) is 0 Å². The van der Waals surface area contributed by atoms with E-state index in [0.29, 0.717) is 0 Å². The maximum absolute atomic E-state index is 2.23. The van der Waals surface area contributed by atoms with Crippen LogP contribution in [0.25, 0.3) is 0 Å². The highest BCUT2D eigenvalue weighted by Gasteiger charge is 2.04. The molecule has 0 saturated carbocycles. The molecular formula is C20H26. The summed E-state index contributed by atoms with van der Waals surface area (Å²) in [6, 6.07) is 13.2. The van der Waals surface area contributed by atoms with Crippen LogP contribution in [0, 0.1) is 27.7 Å².